The third-order valence-electron chi connectivity index (χ3n) is 0.548. The highest BCUT2D eigenvalue weighted by Crippen LogP contribution is 1.66. The van der Waals surface area contributed by atoms with Gasteiger partial charge in [-0.15, -0.1) is 0 Å². The van der Waals surface area contributed by atoms with E-state index in [0.717, 1.165) is 0 Å². The van der Waals surface area contributed by atoms with E-state index < -0.39 is 0 Å². The minimum Gasteiger partial charge on any atom is -0.411 e. The highest BCUT2D eigenvalue weighted by molar-refractivity contribution is 5.60. The molecule has 9 heavy (non-hydrogen) atoms. The average molecular weight is 132 g/mol. The van der Waals surface area contributed by atoms with Crippen molar-refractivity contribution in [1.82, 2.24) is 0 Å². The standard InChI is InChI=1S/C4H8N2O3/c7-5-1-3-9-4-2-6-8/h1-2,7-8H,3-4H2. The lowest BCUT2D eigenvalue weighted by Gasteiger charge is -1.89. The Balaban J connectivity index is 2.91. The Labute approximate surface area is 52.2 Å². The Morgan fingerprint density at radius 1 is 1.11 bits per heavy atom. The van der Waals surface area contributed by atoms with Crippen molar-refractivity contribution in [3.05, 3.63) is 0 Å². The van der Waals surface area contributed by atoms with Gasteiger partial charge in [-0.05, 0) is 0 Å². The van der Waals surface area contributed by atoms with Gasteiger partial charge in [0, 0.05) is 0 Å². The van der Waals surface area contributed by atoms with E-state index in [1.165, 1.54) is 12.4 Å². The zero-order chi connectivity index (χ0) is 6.95. The summed E-state index contributed by atoms with van der Waals surface area (Å²) in [5, 5.41) is 21.0. The van der Waals surface area contributed by atoms with Gasteiger partial charge in [0.05, 0.1) is 25.6 Å². The van der Waals surface area contributed by atoms with Crippen molar-refractivity contribution in [1.29, 1.82) is 0 Å². The van der Waals surface area contributed by atoms with Gasteiger partial charge in [-0.3, -0.25) is 0 Å². The van der Waals surface area contributed by atoms with Gasteiger partial charge in [0.2, 0.25) is 0 Å². The van der Waals surface area contributed by atoms with Gasteiger partial charge in [-0.25, -0.2) is 0 Å². The van der Waals surface area contributed by atoms with Crippen LogP contribution in [0.3, 0.4) is 0 Å². The summed E-state index contributed by atoms with van der Waals surface area (Å²) < 4.78 is 4.70. The van der Waals surface area contributed by atoms with Crippen LogP contribution in [-0.2, 0) is 4.74 Å². The molecule has 0 radical (unpaired) electrons. The first-order chi connectivity index (χ1) is 4.41. The molecule has 0 unspecified atom stereocenters. The summed E-state index contributed by atoms with van der Waals surface area (Å²) >= 11 is 0. The van der Waals surface area contributed by atoms with Crippen LogP contribution in [0.15, 0.2) is 10.3 Å². The third-order valence-corrected chi connectivity index (χ3v) is 0.548. The minimum absolute atomic E-state index is 0.211. The summed E-state index contributed by atoms with van der Waals surface area (Å²) in [5.41, 5.74) is 0. The normalized spacial score (nSPS) is 11.6. The Morgan fingerprint density at radius 2 is 1.56 bits per heavy atom. The summed E-state index contributed by atoms with van der Waals surface area (Å²) in [5.74, 6) is 0. The molecule has 0 aromatic rings. The average Bonchev–Trinajstić information content (AvgIpc) is 1.89. The van der Waals surface area contributed by atoms with Gasteiger partial charge in [-0.2, -0.15) is 0 Å². The molecule has 0 aliphatic carbocycles. The number of hydrogen-bond acceptors (Lipinski definition) is 5. The van der Waals surface area contributed by atoms with Crippen LogP contribution in [-0.4, -0.2) is 36.1 Å². The van der Waals surface area contributed by atoms with Crippen molar-refractivity contribution in [2.24, 2.45) is 10.3 Å². The number of hydrogen-bond donors (Lipinski definition) is 2. The van der Waals surface area contributed by atoms with Crippen LogP contribution in [0.2, 0.25) is 0 Å². The molecular weight excluding hydrogens is 124 g/mol. The molecule has 5 nitrogen and oxygen atoms in total. The van der Waals surface area contributed by atoms with Crippen molar-refractivity contribution in [3.63, 3.8) is 0 Å². The maximum atomic E-state index is 7.83. The van der Waals surface area contributed by atoms with Gasteiger partial charge < -0.3 is 15.2 Å². The number of ether oxygens (including phenoxy) is 1. The molecule has 2 N–H and O–H groups in total. The minimum atomic E-state index is 0.211. The lowest BCUT2D eigenvalue weighted by Crippen LogP contribution is -1.98. The van der Waals surface area contributed by atoms with E-state index in [4.69, 9.17) is 15.2 Å². The summed E-state index contributed by atoms with van der Waals surface area (Å²) in [7, 11) is 0. The van der Waals surface area contributed by atoms with Gasteiger partial charge in [0.15, 0.2) is 0 Å². The maximum Gasteiger partial charge on any atom is 0.0857 e. The molecule has 0 saturated carbocycles. The molecule has 0 bridgehead atoms. The molecule has 0 spiro atoms. The molecule has 0 heterocycles. The van der Waals surface area contributed by atoms with Crippen LogP contribution in [0.5, 0.6) is 0 Å². The van der Waals surface area contributed by atoms with Crippen molar-refractivity contribution in [2.75, 3.05) is 13.2 Å². The fraction of sp³-hybridized carbons (Fsp3) is 0.500. The molecule has 0 atom stereocenters. The summed E-state index contributed by atoms with van der Waals surface area (Å²) in [4.78, 5) is 0. The SMILES string of the molecule is ON=CCOCC=NO. The lowest BCUT2D eigenvalue weighted by atomic mass is 10.7. The highest BCUT2D eigenvalue weighted by atomic mass is 16.5. The zero-order valence-corrected chi connectivity index (χ0v) is 4.77. The second-order valence-electron chi connectivity index (χ2n) is 1.13. The van der Waals surface area contributed by atoms with Crippen molar-refractivity contribution < 1.29 is 15.2 Å². The number of oxime groups is 2. The van der Waals surface area contributed by atoms with Crippen LogP contribution in [0.25, 0.3) is 0 Å². The van der Waals surface area contributed by atoms with E-state index in [0.29, 0.717) is 0 Å². The highest BCUT2D eigenvalue weighted by Gasteiger charge is 1.77. The molecular formula is C4H8N2O3. The number of nitrogens with zero attached hydrogens (tertiary/aromatic N) is 2. The largest absolute Gasteiger partial charge is 0.411 e. The van der Waals surface area contributed by atoms with E-state index >= 15 is 0 Å². The van der Waals surface area contributed by atoms with Crippen molar-refractivity contribution >= 4 is 12.4 Å². The summed E-state index contributed by atoms with van der Waals surface area (Å²) in [6.45, 7) is 0.422. The van der Waals surface area contributed by atoms with E-state index in [-0.39, 0.29) is 13.2 Å². The summed E-state index contributed by atoms with van der Waals surface area (Å²) in [6, 6.07) is 0. The fourth-order valence-corrected chi connectivity index (χ4v) is 0.240. The number of rotatable bonds is 4. The Morgan fingerprint density at radius 3 is 1.89 bits per heavy atom. The van der Waals surface area contributed by atoms with Crippen molar-refractivity contribution in [2.45, 2.75) is 0 Å². The third kappa shape index (κ3) is 6.90. The monoisotopic (exact) mass is 132 g/mol. The topological polar surface area (TPSA) is 74.4 Å². The predicted octanol–water partition coefficient (Wildman–Crippen LogP) is -0.0770. The second kappa shape index (κ2) is 6.90. The van der Waals surface area contributed by atoms with E-state index in [9.17, 15) is 0 Å². The van der Waals surface area contributed by atoms with Gasteiger partial charge in [0.25, 0.3) is 0 Å². The van der Waals surface area contributed by atoms with E-state index in [1.54, 1.807) is 0 Å². The molecule has 0 aliphatic heterocycles. The van der Waals surface area contributed by atoms with Crippen LogP contribution in [0, 0.1) is 0 Å². The van der Waals surface area contributed by atoms with Crippen molar-refractivity contribution in [3.8, 4) is 0 Å². The molecule has 5 heteroatoms. The van der Waals surface area contributed by atoms with Gasteiger partial charge in [0.1, 0.15) is 0 Å². The lowest BCUT2D eigenvalue weighted by molar-refractivity contribution is 0.212. The van der Waals surface area contributed by atoms with E-state index in [1.807, 2.05) is 0 Å². The Bertz CT molecular complexity index is 90.0. The second-order valence-corrected chi connectivity index (χ2v) is 1.13. The first-order valence-electron chi connectivity index (χ1n) is 2.31. The first kappa shape index (κ1) is 7.90. The summed E-state index contributed by atoms with van der Waals surface area (Å²) in [6.07, 6.45) is 2.37. The maximum absolute atomic E-state index is 7.83. The molecule has 0 aromatic heterocycles. The quantitative estimate of drug-likeness (QED) is 0.243. The molecule has 0 rings (SSSR count). The van der Waals surface area contributed by atoms with Crippen LogP contribution in [0.1, 0.15) is 0 Å². The van der Waals surface area contributed by atoms with Gasteiger partial charge >= 0.3 is 0 Å². The van der Waals surface area contributed by atoms with Crippen LogP contribution in [0.4, 0.5) is 0 Å². The molecule has 0 aromatic carbocycles. The zero-order valence-electron chi connectivity index (χ0n) is 4.77. The smallest absolute Gasteiger partial charge is 0.0857 e. The first-order valence-corrected chi connectivity index (χ1v) is 2.31. The Hall–Kier alpha value is -1.10. The predicted molar refractivity (Wildman–Crippen MR) is 31.4 cm³/mol. The van der Waals surface area contributed by atoms with E-state index in [2.05, 4.69) is 10.3 Å². The van der Waals surface area contributed by atoms with Crippen LogP contribution >= 0.6 is 0 Å². The molecule has 52 valence electrons. The van der Waals surface area contributed by atoms with Crippen LogP contribution < -0.4 is 0 Å². The fourth-order valence-electron chi connectivity index (χ4n) is 0.240. The Kier molecular flexibility index (Phi) is 6.06. The van der Waals surface area contributed by atoms with Gasteiger partial charge in [-0.1, -0.05) is 10.3 Å². The molecule has 0 amide bonds. The molecule has 0 saturated heterocycles. The molecule has 0 fully saturated rings. The molecule has 0 aliphatic rings.